The van der Waals surface area contributed by atoms with Crippen LogP contribution in [0.25, 0.3) is 0 Å². The maximum absolute atomic E-state index is 11.6. The number of anilines is 1. The highest BCUT2D eigenvalue weighted by molar-refractivity contribution is 5.42. The van der Waals surface area contributed by atoms with Crippen molar-refractivity contribution in [2.24, 2.45) is 0 Å². The predicted molar refractivity (Wildman–Crippen MR) is 67.2 cm³/mol. The van der Waals surface area contributed by atoms with Crippen LogP contribution >= 0.6 is 0 Å². The average Bonchev–Trinajstić information content (AvgIpc) is 2.30. The van der Waals surface area contributed by atoms with Crippen LogP contribution in [-0.2, 0) is 16.0 Å². The smallest absolute Gasteiger partial charge is 0.250 e. The highest BCUT2D eigenvalue weighted by Gasteiger charge is 2.00. The second kappa shape index (κ2) is 7.09. The molecule has 0 atom stereocenters. The monoisotopic (exact) mass is 240 g/mol. The molecule has 0 bridgehead atoms. The second-order valence-corrected chi connectivity index (χ2v) is 3.90. The third-order valence-electron chi connectivity index (χ3n) is 2.49. The van der Waals surface area contributed by atoms with Crippen molar-refractivity contribution in [3.8, 4) is 0 Å². The zero-order valence-corrected chi connectivity index (χ0v) is 10.4. The molecule has 1 rings (SSSR count). The molecule has 0 fully saturated rings. The number of ether oxygens (including phenoxy) is 2. The summed E-state index contributed by atoms with van der Waals surface area (Å²) in [4.78, 5) is 11.6. The molecule has 1 aromatic heterocycles. The summed E-state index contributed by atoms with van der Waals surface area (Å²) in [7, 11) is 1.64. The van der Waals surface area contributed by atoms with E-state index >= 15 is 0 Å². The molecule has 1 heterocycles. The first-order valence-electron chi connectivity index (χ1n) is 5.68. The van der Waals surface area contributed by atoms with Gasteiger partial charge in [0.1, 0.15) is 0 Å². The minimum Gasteiger partial charge on any atom is -0.397 e. The first-order chi connectivity index (χ1) is 8.15. The van der Waals surface area contributed by atoms with Crippen molar-refractivity contribution in [1.82, 2.24) is 4.57 Å². The summed E-state index contributed by atoms with van der Waals surface area (Å²) in [6, 6.07) is 1.56. The fourth-order valence-corrected chi connectivity index (χ4v) is 1.44. The van der Waals surface area contributed by atoms with E-state index < -0.39 is 0 Å². The Morgan fingerprint density at radius 2 is 2.12 bits per heavy atom. The highest BCUT2D eigenvalue weighted by Crippen LogP contribution is 2.05. The molecular weight excluding hydrogens is 220 g/mol. The van der Waals surface area contributed by atoms with Gasteiger partial charge in [0.05, 0.1) is 18.9 Å². The Morgan fingerprint density at radius 1 is 1.35 bits per heavy atom. The standard InChI is InChI=1S/C12H20N2O3/c1-10-8-12(15)14(9-11(10)13)4-3-5-17-7-6-16-2/h8-9H,3-7,13H2,1-2H3. The van der Waals surface area contributed by atoms with Crippen LogP contribution in [0.1, 0.15) is 12.0 Å². The number of nitrogens with zero attached hydrogens (tertiary/aromatic N) is 1. The largest absolute Gasteiger partial charge is 0.397 e. The quantitative estimate of drug-likeness (QED) is 0.716. The van der Waals surface area contributed by atoms with E-state index in [0.29, 0.717) is 32.1 Å². The molecule has 0 aliphatic carbocycles. The van der Waals surface area contributed by atoms with Crippen molar-refractivity contribution >= 4 is 5.69 Å². The van der Waals surface area contributed by atoms with Gasteiger partial charge in [-0.1, -0.05) is 0 Å². The number of rotatable bonds is 7. The Kier molecular flexibility index (Phi) is 5.72. The van der Waals surface area contributed by atoms with Crippen LogP contribution in [0.2, 0.25) is 0 Å². The molecule has 0 saturated carbocycles. The lowest BCUT2D eigenvalue weighted by Crippen LogP contribution is -2.21. The van der Waals surface area contributed by atoms with Gasteiger partial charge in [-0.25, -0.2) is 0 Å². The number of nitrogen functional groups attached to an aromatic ring is 1. The number of nitrogens with two attached hydrogens (primary N) is 1. The number of hydrogen-bond donors (Lipinski definition) is 1. The number of aromatic nitrogens is 1. The van der Waals surface area contributed by atoms with Crippen molar-refractivity contribution in [2.45, 2.75) is 19.9 Å². The number of hydrogen-bond acceptors (Lipinski definition) is 4. The molecule has 1 aromatic rings. The van der Waals surface area contributed by atoms with Crippen LogP contribution in [0.3, 0.4) is 0 Å². The van der Waals surface area contributed by atoms with Gasteiger partial charge in [-0.15, -0.1) is 0 Å². The van der Waals surface area contributed by atoms with E-state index in [1.165, 1.54) is 0 Å². The van der Waals surface area contributed by atoms with E-state index in [-0.39, 0.29) is 5.56 Å². The molecule has 0 aliphatic heterocycles. The third kappa shape index (κ3) is 4.58. The molecule has 0 radical (unpaired) electrons. The van der Waals surface area contributed by atoms with Gasteiger partial charge in [0, 0.05) is 32.5 Å². The van der Waals surface area contributed by atoms with Gasteiger partial charge in [0.2, 0.25) is 0 Å². The summed E-state index contributed by atoms with van der Waals surface area (Å²) in [5.74, 6) is 0. The lowest BCUT2D eigenvalue weighted by Gasteiger charge is -2.08. The lowest BCUT2D eigenvalue weighted by molar-refractivity contribution is 0.0679. The summed E-state index contributed by atoms with van der Waals surface area (Å²) in [6.45, 7) is 4.24. The fourth-order valence-electron chi connectivity index (χ4n) is 1.44. The zero-order valence-electron chi connectivity index (χ0n) is 10.4. The van der Waals surface area contributed by atoms with Crippen molar-refractivity contribution in [2.75, 3.05) is 32.7 Å². The Labute approximate surface area is 101 Å². The topological polar surface area (TPSA) is 66.5 Å². The van der Waals surface area contributed by atoms with E-state index in [9.17, 15) is 4.79 Å². The highest BCUT2D eigenvalue weighted by atomic mass is 16.5. The van der Waals surface area contributed by atoms with Crippen molar-refractivity contribution in [3.05, 3.63) is 28.2 Å². The van der Waals surface area contributed by atoms with Crippen LogP contribution in [0.15, 0.2) is 17.1 Å². The number of pyridine rings is 1. The van der Waals surface area contributed by atoms with Gasteiger partial charge >= 0.3 is 0 Å². The molecule has 5 heteroatoms. The molecule has 5 nitrogen and oxygen atoms in total. The molecular formula is C12H20N2O3. The minimum absolute atomic E-state index is 0.0198. The average molecular weight is 240 g/mol. The molecule has 0 amide bonds. The van der Waals surface area contributed by atoms with Crippen LogP contribution < -0.4 is 11.3 Å². The molecule has 0 spiro atoms. The third-order valence-corrected chi connectivity index (χ3v) is 2.49. The van der Waals surface area contributed by atoms with Crippen LogP contribution in [0, 0.1) is 6.92 Å². The van der Waals surface area contributed by atoms with Gasteiger partial charge in [-0.2, -0.15) is 0 Å². The lowest BCUT2D eigenvalue weighted by atomic mass is 10.2. The van der Waals surface area contributed by atoms with E-state index in [1.807, 2.05) is 6.92 Å². The summed E-state index contributed by atoms with van der Waals surface area (Å²) in [5, 5.41) is 0. The molecule has 2 N–H and O–H groups in total. The first kappa shape index (κ1) is 13.7. The molecule has 0 aliphatic rings. The van der Waals surface area contributed by atoms with Crippen molar-refractivity contribution < 1.29 is 9.47 Å². The molecule has 0 unspecified atom stereocenters. The van der Waals surface area contributed by atoms with Gasteiger partial charge in [-0.05, 0) is 18.9 Å². The summed E-state index contributed by atoms with van der Waals surface area (Å²) >= 11 is 0. The predicted octanol–water partition coefficient (Wildman–Crippen LogP) is 0.792. The van der Waals surface area contributed by atoms with Gasteiger partial charge in [-0.3, -0.25) is 4.79 Å². The Balaban J connectivity index is 2.37. The fraction of sp³-hybridized carbons (Fsp3) is 0.583. The van der Waals surface area contributed by atoms with E-state index in [0.717, 1.165) is 12.0 Å². The van der Waals surface area contributed by atoms with Crippen molar-refractivity contribution in [1.29, 1.82) is 0 Å². The molecule has 0 aromatic carbocycles. The van der Waals surface area contributed by atoms with Crippen LogP contribution in [-0.4, -0.2) is 31.5 Å². The number of aryl methyl sites for hydroxylation is 2. The summed E-state index contributed by atoms with van der Waals surface area (Å²) < 4.78 is 11.8. The first-order valence-corrected chi connectivity index (χ1v) is 5.68. The summed E-state index contributed by atoms with van der Waals surface area (Å²) in [5.41, 5.74) is 7.20. The van der Waals surface area contributed by atoms with Crippen LogP contribution in [0.4, 0.5) is 5.69 Å². The Hall–Kier alpha value is -1.33. The van der Waals surface area contributed by atoms with Gasteiger partial charge in [0.25, 0.3) is 5.56 Å². The van der Waals surface area contributed by atoms with E-state index in [2.05, 4.69) is 0 Å². The van der Waals surface area contributed by atoms with Gasteiger partial charge in [0.15, 0.2) is 0 Å². The van der Waals surface area contributed by atoms with Gasteiger partial charge < -0.3 is 19.8 Å². The van der Waals surface area contributed by atoms with E-state index in [1.54, 1.807) is 23.9 Å². The molecule has 17 heavy (non-hydrogen) atoms. The van der Waals surface area contributed by atoms with Crippen LogP contribution in [0.5, 0.6) is 0 Å². The SMILES string of the molecule is COCCOCCCn1cc(N)c(C)cc1=O. The Bertz CT molecular complexity index is 401. The van der Waals surface area contributed by atoms with Crippen molar-refractivity contribution in [3.63, 3.8) is 0 Å². The normalized spacial score (nSPS) is 10.7. The molecule has 96 valence electrons. The minimum atomic E-state index is -0.0198. The summed E-state index contributed by atoms with van der Waals surface area (Å²) in [6.07, 6.45) is 2.47. The number of methoxy groups -OCH3 is 1. The maximum atomic E-state index is 11.6. The zero-order chi connectivity index (χ0) is 12.7. The van der Waals surface area contributed by atoms with E-state index in [4.69, 9.17) is 15.2 Å². The Morgan fingerprint density at radius 3 is 2.82 bits per heavy atom. The maximum Gasteiger partial charge on any atom is 0.250 e. The second-order valence-electron chi connectivity index (χ2n) is 3.90. The molecule has 0 saturated heterocycles.